The molecule has 0 spiro atoms. The van der Waals surface area contributed by atoms with Crippen molar-refractivity contribution in [2.45, 2.75) is 31.0 Å². The average molecular weight is 337 g/mol. The molecule has 3 rings (SSSR count). The van der Waals surface area contributed by atoms with E-state index in [-0.39, 0.29) is 12.2 Å². The fourth-order valence-electron chi connectivity index (χ4n) is 2.60. The smallest absolute Gasteiger partial charge is 0.243 e. The second-order valence-electron chi connectivity index (χ2n) is 5.59. The molecule has 22 heavy (non-hydrogen) atoms. The van der Waals surface area contributed by atoms with Crippen LogP contribution in [0, 0.1) is 6.92 Å². The van der Waals surface area contributed by atoms with Gasteiger partial charge in [-0.3, -0.25) is 0 Å². The lowest BCUT2D eigenvalue weighted by molar-refractivity contribution is -0.0540. The molecule has 2 aromatic rings. The minimum Gasteiger partial charge on any atom is -0.367 e. The van der Waals surface area contributed by atoms with Crippen molar-refractivity contribution in [2.75, 3.05) is 13.1 Å². The minimum absolute atomic E-state index is 0.124. The molecule has 1 aliphatic heterocycles. The van der Waals surface area contributed by atoms with Gasteiger partial charge in [-0.05, 0) is 37.4 Å². The van der Waals surface area contributed by atoms with Crippen LogP contribution in [0.3, 0.4) is 0 Å². The number of hydrogen-bond acceptors (Lipinski definition) is 4. The monoisotopic (exact) mass is 337 g/mol. The number of benzene rings is 1. The van der Waals surface area contributed by atoms with E-state index in [2.05, 4.69) is 0 Å². The Kier molecular flexibility index (Phi) is 4.36. The number of aryl methyl sites for hydroxylation is 1. The number of thiophene rings is 1. The topological polar surface area (TPSA) is 46.6 Å². The van der Waals surface area contributed by atoms with Crippen LogP contribution in [0.5, 0.6) is 0 Å². The molecule has 2 atom stereocenters. The van der Waals surface area contributed by atoms with Crippen molar-refractivity contribution < 1.29 is 13.2 Å². The van der Waals surface area contributed by atoms with Crippen molar-refractivity contribution in [3.8, 4) is 0 Å². The molecular formula is C16H19NO3S2. The number of ether oxygens (including phenoxy) is 1. The van der Waals surface area contributed by atoms with E-state index in [0.29, 0.717) is 18.0 Å². The largest absolute Gasteiger partial charge is 0.367 e. The summed E-state index contributed by atoms with van der Waals surface area (Å²) in [5, 5.41) is 1.98. The van der Waals surface area contributed by atoms with E-state index in [1.54, 1.807) is 23.5 Å². The summed E-state index contributed by atoms with van der Waals surface area (Å²) in [6.07, 6.45) is -0.315. The minimum atomic E-state index is -3.48. The quantitative estimate of drug-likeness (QED) is 0.864. The molecule has 1 fully saturated rings. The first-order chi connectivity index (χ1) is 10.5. The van der Waals surface area contributed by atoms with E-state index in [9.17, 15) is 8.42 Å². The Balaban J connectivity index is 1.88. The predicted octanol–water partition coefficient (Wildman–Crippen LogP) is 3.21. The van der Waals surface area contributed by atoms with Crippen molar-refractivity contribution in [3.05, 3.63) is 52.2 Å². The van der Waals surface area contributed by atoms with E-state index < -0.39 is 10.0 Å². The second kappa shape index (κ2) is 6.12. The van der Waals surface area contributed by atoms with Crippen LogP contribution in [-0.2, 0) is 14.8 Å². The van der Waals surface area contributed by atoms with Gasteiger partial charge < -0.3 is 4.74 Å². The summed E-state index contributed by atoms with van der Waals surface area (Å²) in [6, 6.07) is 10.9. The zero-order chi connectivity index (χ0) is 15.7. The number of nitrogens with zero attached hydrogens (tertiary/aromatic N) is 1. The molecule has 0 saturated carbocycles. The first-order valence-electron chi connectivity index (χ1n) is 7.22. The van der Waals surface area contributed by atoms with Gasteiger partial charge in [0.05, 0.1) is 11.0 Å². The Bertz CT molecular complexity index is 723. The van der Waals surface area contributed by atoms with Crippen LogP contribution in [0.15, 0.2) is 46.7 Å². The molecule has 118 valence electrons. The van der Waals surface area contributed by atoms with Gasteiger partial charge in [0.25, 0.3) is 0 Å². The Morgan fingerprint density at radius 3 is 2.55 bits per heavy atom. The van der Waals surface area contributed by atoms with E-state index in [1.165, 1.54) is 4.31 Å². The second-order valence-corrected chi connectivity index (χ2v) is 8.50. The normalized spacial score (nSPS) is 23.5. The maximum atomic E-state index is 12.8. The standard InChI is InChI=1S/C16H19NO3S2/c1-12-5-7-14(8-6-12)22(18,19)17-10-13(2)20-15(11-17)16-4-3-9-21-16/h3-9,13,15H,10-11H2,1-2H3/t13-,15-/m0/s1. The van der Waals surface area contributed by atoms with E-state index >= 15 is 0 Å². The molecule has 1 aliphatic rings. The van der Waals surface area contributed by atoms with Crippen LogP contribution in [0.25, 0.3) is 0 Å². The van der Waals surface area contributed by atoms with E-state index in [1.807, 2.05) is 43.5 Å². The molecule has 6 heteroatoms. The highest BCUT2D eigenvalue weighted by atomic mass is 32.2. The Labute approximate surface area is 135 Å². The number of morpholine rings is 1. The lowest BCUT2D eigenvalue weighted by Gasteiger charge is -2.35. The fraction of sp³-hybridized carbons (Fsp3) is 0.375. The maximum Gasteiger partial charge on any atom is 0.243 e. The molecule has 0 unspecified atom stereocenters. The van der Waals surface area contributed by atoms with Gasteiger partial charge in [-0.15, -0.1) is 11.3 Å². The van der Waals surface area contributed by atoms with Crippen molar-refractivity contribution in [1.29, 1.82) is 0 Å². The van der Waals surface area contributed by atoms with Crippen LogP contribution in [0.4, 0.5) is 0 Å². The summed E-state index contributed by atoms with van der Waals surface area (Å²) in [6.45, 7) is 4.61. The van der Waals surface area contributed by atoms with Gasteiger partial charge in [0.2, 0.25) is 10.0 Å². The summed E-state index contributed by atoms with van der Waals surface area (Å²) < 4.78 is 33.1. The Hall–Kier alpha value is -1.21. The molecule has 1 aromatic heterocycles. The first-order valence-corrected chi connectivity index (χ1v) is 9.54. The van der Waals surface area contributed by atoms with Crippen molar-refractivity contribution in [1.82, 2.24) is 4.31 Å². The lowest BCUT2D eigenvalue weighted by Crippen LogP contribution is -2.45. The Morgan fingerprint density at radius 2 is 1.91 bits per heavy atom. The average Bonchev–Trinajstić information content (AvgIpc) is 3.01. The fourth-order valence-corrected chi connectivity index (χ4v) is 4.87. The molecular weight excluding hydrogens is 318 g/mol. The van der Waals surface area contributed by atoms with Crippen molar-refractivity contribution in [3.63, 3.8) is 0 Å². The molecule has 1 saturated heterocycles. The molecule has 0 N–H and O–H groups in total. The zero-order valence-electron chi connectivity index (χ0n) is 12.6. The highest BCUT2D eigenvalue weighted by Gasteiger charge is 2.34. The van der Waals surface area contributed by atoms with Crippen molar-refractivity contribution in [2.24, 2.45) is 0 Å². The third-order valence-corrected chi connectivity index (χ3v) is 6.56. The van der Waals surface area contributed by atoms with E-state index in [4.69, 9.17) is 4.74 Å². The number of rotatable bonds is 3. The molecule has 0 radical (unpaired) electrons. The molecule has 2 heterocycles. The number of hydrogen-bond donors (Lipinski definition) is 0. The summed E-state index contributed by atoms with van der Waals surface area (Å²) in [7, 11) is -3.48. The highest BCUT2D eigenvalue weighted by molar-refractivity contribution is 7.89. The first kappa shape index (κ1) is 15.7. The van der Waals surface area contributed by atoms with Crippen LogP contribution in [0.1, 0.15) is 23.5 Å². The van der Waals surface area contributed by atoms with Crippen LogP contribution in [0.2, 0.25) is 0 Å². The van der Waals surface area contributed by atoms with Gasteiger partial charge in [0.15, 0.2) is 0 Å². The van der Waals surface area contributed by atoms with E-state index in [0.717, 1.165) is 10.4 Å². The van der Waals surface area contributed by atoms with Crippen LogP contribution >= 0.6 is 11.3 Å². The summed E-state index contributed by atoms with van der Waals surface area (Å²) in [5.41, 5.74) is 1.05. The van der Waals surface area contributed by atoms with Gasteiger partial charge in [-0.2, -0.15) is 4.31 Å². The summed E-state index contributed by atoms with van der Waals surface area (Å²) >= 11 is 1.60. The molecule has 4 nitrogen and oxygen atoms in total. The molecule has 0 amide bonds. The van der Waals surface area contributed by atoms with Gasteiger partial charge >= 0.3 is 0 Å². The van der Waals surface area contributed by atoms with Crippen LogP contribution in [-0.4, -0.2) is 31.9 Å². The number of sulfonamides is 1. The summed E-state index contributed by atoms with van der Waals surface area (Å²) in [4.78, 5) is 1.41. The zero-order valence-corrected chi connectivity index (χ0v) is 14.2. The van der Waals surface area contributed by atoms with Gasteiger partial charge in [0.1, 0.15) is 6.10 Å². The lowest BCUT2D eigenvalue weighted by atomic mass is 10.2. The van der Waals surface area contributed by atoms with Crippen LogP contribution < -0.4 is 0 Å². The molecule has 0 bridgehead atoms. The van der Waals surface area contributed by atoms with Crippen molar-refractivity contribution >= 4 is 21.4 Å². The molecule has 0 aliphatic carbocycles. The third kappa shape index (κ3) is 3.10. The molecule has 1 aromatic carbocycles. The SMILES string of the molecule is Cc1ccc(S(=O)(=O)N2C[C@@H](c3cccs3)O[C@@H](C)C2)cc1. The third-order valence-electron chi connectivity index (χ3n) is 3.75. The van der Waals surface area contributed by atoms with Gasteiger partial charge in [0, 0.05) is 18.0 Å². The Morgan fingerprint density at radius 1 is 1.18 bits per heavy atom. The van der Waals surface area contributed by atoms with Gasteiger partial charge in [-0.1, -0.05) is 23.8 Å². The highest BCUT2D eigenvalue weighted by Crippen LogP contribution is 2.31. The summed E-state index contributed by atoms with van der Waals surface area (Å²) in [5.74, 6) is 0. The van der Waals surface area contributed by atoms with Gasteiger partial charge in [-0.25, -0.2) is 8.42 Å². The maximum absolute atomic E-state index is 12.8. The predicted molar refractivity (Wildman–Crippen MR) is 87.5 cm³/mol.